The number of imidazole rings is 1. The van der Waals surface area contributed by atoms with Gasteiger partial charge in [0.2, 0.25) is 0 Å². The highest BCUT2D eigenvalue weighted by molar-refractivity contribution is 14.0. The molecule has 2 heterocycles. The van der Waals surface area contributed by atoms with Crippen LogP contribution >= 0.6 is 24.0 Å². The van der Waals surface area contributed by atoms with Gasteiger partial charge in [0.15, 0.2) is 5.96 Å². The van der Waals surface area contributed by atoms with E-state index < -0.39 is 0 Å². The molecule has 0 aliphatic heterocycles. The predicted octanol–water partition coefficient (Wildman–Crippen LogP) is 3.96. The Bertz CT molecular complexity index is 650. The SMILES string of the molecule is CCCCCCCCNC(N)=NCc1ccc(-n2ccnc2C)nc1.I. The van der Waals surface area contributed by atoms with Gasteiger partial charge in [-0.1, -0.05) is 45.1 Å². The average molecular weight is 470 g/mol. The van der Waals surface area contributed by atoms with Gasteiger partial charge in [0.25, 0.3) is 0 Å². The fraction of sp³-hybridized carbons (Fsp3) is 0.526. The first kappa shape index (κ1) is 22.4. The molecule has 0 spiro atoms. The number of aryl methyl sites for hydroxylation is 1. The molecule has 0 aromatic carbocycles. The molecular weight excluding hydrogens is 439 g/mol. The monoisotopic (exact) mass is 470 g/mol. The number of hydrogen-bond acceptors (Lipinski definition) is 3. The summed E-state index contributed by atoms with van der Waals surface area (Å²) in [5.74, 6) is 2.28. The molecule has 0 fully saturated rings. The third-order valence-corrected chi connectivity index (χ3v) is 4.15. The van der Waals surface area contributed by atoms with Gasteiger partial charge in [-0.3, -0.25) is 4.57 Å². The highest BCUT2D eigenvalue weighted by Gasteiger charge is 2.02. The van der Waals surface area contributed by atoms with Crippen LogP contribution in [0.1, 0.15) is 56.8 Å². The van der Waals surface area contributed by atoms with Gasteiger partial charge in [0.05, 0.1) is 6.54 Å². The molecule has 6 nitrogen and oxygen atoms in total. The Morgan fingerprint density at radius 3 is 2.58 bits per heavy atom. The van der Waals surface area contributed by atoms with Crippen molar-refractivity contribution in [1.82, 2.24) is 19.9 Å². The molecule has 2 aromatic heterocycles. The van der Waals surface area contributed by atoms with E-state index in [1.165, 1.54) is 32.1 Å². The van der Waals surface area contributed by atoms with Crippen molar-refractivity contribution in [3.05, 3.63) is 42.1 Å². The maximum Gasteiger partial charge on any atom is 0.188 e. The van der Waals surface area contributed by atoms with Crippen molar-refractivity contribution in [2.75, 3.05) is 6.54 Å². The maximum absolute atomic E-state index is 5.92. The van der Waals surface area contributed by atoms with E-state index in [0.29, 0.717) is 12.5 Å². The zero-order valence-corrected chi connectivity index (χ0v) is 18.1. The Morgan fingerprint density at radius 1 is 1.15 bits per heavy atom. The summed E-state index contributed by atoms with van der Waals surface area (Å²) in [6.07, 6.45) is 13.2. The first-order chi connectivity index (χ1) is 12.2. The molecule has 0 unspecified atom stereocenters. The van der Waals surface area contributed by atoms with Crippen molar-refractivity contribution in [1.29, 1.82) is 0 Å². The van der Waals surface area contributed by atoms with Crippen molar-refractivity contribution in [3.8, 4) is 5.82 Å². The lowest BCUT2D eigenvalue weighted by Gasteiger charge is -2.06. The van der Waals surface area contributed by atoms with Crippen LogP contribution in [0, 0.1) is 6.92 Å². The van der Waals surface area contributed by atoms with Gasteiger partial charge in [0.1, 0.15) is 11.6 Å². The van der Waals surface area contributed by atoms with Crippen molar-refractivity contribution >= 4 is 29.9 Å². The highest BCUT2D eigenvalue weighted by Crippen LogP contribution is 2.09. The number of rotatable bonds is 10. The van der Waals surface area contributed by atoms with Crippen LogP contribution in [0.4, 0.5) is 0 Å². The van der Waals surface area contributed by atoms with Crippen LogP contribution in [0.2, 0.25) is 0 Å². The Kier molecular flexibility index (Phi) is 10.9. The Balaban J connectivity index is 0.00000338. The largest absolute Gasteiger partial charge is 0.370 e. The molecule has 2 rings (SSSR count). The van der Waals surface area contributed by atoms with Crippen LogP contribution < -0.4 is 11.1 Å². The number of unbranched alkanes of at least 4 members (excludes halogenated alkanes) is 5. The van der Waals surface area contributed by atoms with E-state index in [0.717, 1.165) is 30.2 Å². The Labute approximate surface area is 173 Å². The number of hydrogen-bond donors (Lipinski definition) is 2. The number of halogens is 1. The molecule has 26 heavy (non-hydrogen) atoms. The van der Waals surface area contributed by atoms with Crippen LogP contribution in [0.15, 0.2) is 35.7 Å². The van der Waals surface area contributed by atoms with Crippen LogP contribution in [-0.2, 0) is 6.54 Å². The van der Waals surface area contributed by atoms with Crippen LogP contribution in [0.5, 0.6) is 0 Å². The van der Waals surface area contributed by atoms with Gasteiger partial charge in [0, 0.05) is 25.1 Å². The minimum atomic E-state index is 0. The van der Waals surface area contributed by atoms with Crippen LogP contribution in [0.3, 0.4) is 0 Å². The fourth-order valence-electron chi connectivity index (χ4n) is 2.63. The van der Waals surface area contributed by atoms with E-state index in [-0.39, 0.29) is 24.0 Å². The number of aromatic nitrogens is 3. The van der Waals surface area contributed by atoms with Crippen LogP contribution in [-0.4, -0.2) is 27.0 Å². The van der Waals surface area contributed by atoms with Gasteiger partial charge < -0.3 is 11.1 Å². The third-order valence-electron chi connectivity index (χ3n) is 4.15. The number of nitrogens with zero attached hydrogens (tertiary/aromatic N) is 4. The molecular formula is C19H31IN6. The summed E-state index contributed by atoms with van der Waals surface area (Å²) < 4.78 is 1.95. The van der Waals surface area contributed by atoms with E-state index in [1.807, 2.05) is 36.0 Å². The van der Waals surface area contributed by atoms with Crippen molar-refractivity contribution in [2.45, 2.75) is 58.9 Å². The third kappa shape index (κ3) is 7.72. The summed E-state index contributed by atoms with van der Waals surface area (Å²) >= 11 is 0. The van der Waals surface area contributed by atoms with Gasteiger partial charge in [-0.2, -0.15) is 0 Å². The number of nitrogens with one attached hydrogen (secondary N) is 1. The second kappa shape index (κ2) is 12.7. The molecule has 7 heteroatoms. The quantitative estimate of drug-likeness (QED) is 0.239. The molecule has 0 bridgehead atoms. The normalized spacial score (nSPS) is 11.2. The number of aliphatic imine (C=N–C) groups is 1. The zero-order valence-electron chi connectivity index (χ0n) is 15.8. The summed E-state index contributed by atoms with van der Waals surface area (Å²) in [7, 11) is 0. The fourth-order valence-corrected chi connectivity index (χ4v) is 2.63. The van der Waals surface area contributed by atoms with Gasteiger partial charge in [-0.15, -0.1) is 24.0 Å². The number of pyridine rings is 1. The summed E-state index contributed by atoms with van der Waals surface area (Å²) in [5.41, 5.74) is 6.95. The lowest BCUT2D eigenvalue weighted by Crippen LogP contribution is -2.32. The summed E-state index contributed by atoms with van der Waals surface area (Å²) in [6, 6.07) is 3.99. The van der Waals surface area contributed by atoms with Crippen LogP contribution in [0.25, 0.3) is 5.82 Å². The molecule has 0 aliphatic rings. The molecule has 0 radical (unpaired) electrons. The molecule has 0 amide bonds. The van der Waals surface area contributed by atoms with Crippen molar-refractivity contribution in [3.63, 3.8) is 0 Å². The summed E-state index contributed by atoms with van der Waals surface area (Å²) in [4.78, 5) is 13.0. The highest BCUT2D eigenvalue weighted by atomic mass is 127. The first-order valence-electron chi connectivity index (χ1n) is 9.19. The van der Waals surface area contributed by atoms with Crippen molar-refractivity contribution < 1.29 is 0 Å². The zero-order chi connectivity index (χ0) is 17.9. The number of guanidine groups is 1. The minimum absolute atomic E-state index is 0. The van der Waals surface area contributed by atoms with E-state index >= 15 is 0 Å². The van der Waals surface area contributed by atoms with E-state index in [9.17, 15) is 0 Å². The van der Waals surface area contributed by atoms with E-state index in [4.69, 9.17) is 5.73 Å². The summed E-state index contributed by atoms with van der Waals surface area (Å²) in [5, 5.41) is 3.18. The molecule has 0 atom stereocenters. The first-order valence-corrected chi connectivity index (χ1v) is 9.19. The number of nitrogens with two attached hydrogens (primary N) is 1. The molecule has 0 saturated heterocycles. The lowest BCUT2D eigenvalue weighted by atomic mass is 10.1. The smallest absolute Gasteiger partial charge is 0.188 e. The topological polar surface area (TPSA) is 81.1 Å². The lowest BCUT2D eigenvalue weighted by molar-refractivity contribution is 0.601. The molecule has 2 aromatic rings. The Morgan fingerprint density at radius 2 is 1.92 bits per heavy atom. The molecule has 144 valence electrons. The molecule has 0 aliphatic carbocycles. The molecule has 0 saturated carbocycles. The van der Waals surface area contributed by atoms with Crippen molar-refractivity contribution in [2.24, 2.45) is 10.7 Å². The van der Waals surface area contributed by atoms with Gasteiger partial charge in [-0.05, 0) is 25.0 Å². The molecule has 3 N–H and O–H groups in total. The maximum atomic E-state index is 5.92. The second-order valence-corrected chi connectivity index (χ2v) is 6.27. The van der Waals surface area contributed by atoms with E-state index in [1.54, 1.807) is 6.20 Å². The predicted molar refractivity (Wildman–Crippen MR) is 118 cm³/mol. The van der Waals surface area contributed by atoms with E-state index in [2.05, 4.69) is 27.2 Å². The van der Waals surface area contributed by atoms with Gasteiger partial charge >= 0.3 is 0 Å². The van der Waals surface area contributed by atoms with Gasteiger partial charge in [-0.25, -0.2) is 15.0 Å². The minimum Gasteiger partial charge on any atom is -0.370 e. The second-order valence-electron chi connectivity index (χ2n) is 6.27. The average Bonchev–Trinajstić information content (AvgIpc) is 3.05. The standard InChI is InChI=1S/C19H30N6.HI/c1-3-4-5-6-7-8-11-22-19(20)24-15-17-9-10-18(23-14-17)25-13-12-21-16(25)2;/h9-10,12-14H,3-8,11,15H2,1-2H3,(H3,20,22,24);1H. The Hall–Kier alpha value is -1.64. The summed E-state index contributed by atoms with van der Waals surface area (Å²) in [6.45, 7) is 5.61.